The van der Waals surface area contributed by atoms with Gasteiger partial charge in [-0.2, -0.15) is 0 Å². The zero-order valence-corrected chi connectivity index (χ0v) is 7.94. The van der Waals surface area contributed by atoms with Crippen molar-refractivity contribution >= 4 is 11.5 Å². The summed E-state index contributed by atoms with van der Waals surface area (Å²) in [5.41, 5.74) is 0.369. The maximum atomic E-state index is 11.4. The first-order chi connectivity index (χ1) is 6.19. The molecular formula is C8H13NO4. The largest absolute Gasteiger partial charge is 0.399 e. The minimum atomic E-state index is -0.836. The van der Waals surface area contributed by atoms with E-state index in [0.717, 1.165) is 0 Å². The van der Waals surface area contributed by atoms with Crippen molar-refractivity contribution in [2.45, 2.75) is 25.7 Å². The molecular weight excluding hydrogens is 174 g/mol. The maximum absolute atomic E-state index is 11.4. The molecule has 0 N–H and O–H groups in total. The third kappa shape index (κ3) is 2.26. The summed E-state index contributed by atoms with van der Waals surface area (Å²) in [5, 5.41) is 3.62. The first kappa shape index (κ1) is 10.1. The summed E-state index contributed by atoms with van der Waals surface area (Å²) in [6.07, 6.45) is -0.443. The van der Waals surface area contributed by atoms with Crippen LogP contribution in [-0.2, 0) is 19.1 Å². The van der Waals surface area contributed by atoms with E-state index in [-0.39, 0.29) is 11.9 Å². The van der Waals surface area contributed by atoms with Gasteiger partial charge in [-0.1, -0.05) is 5.16 Å². The summed E-state index contributed by atoms with van der Waals surface area (Å²) in [5.74, 6) is -0.262. The van der Waals surface area contributed by atoms with E-state index in [4.69, 9.17) is 9.47 Å². The Morgan fingerprint density at radius 2 is 2.23 bits per heavy atom. The molecule has 13 heavy (non-hydrogen) atoms. The predicted molar refractivity (Wildman–Crippen MR) is 45.4 cm³/mol. The molecule has 0 bridgehead atoms. The number of ether oxygens (including phenoxy) is 2. The predicted octanol–water partition coefficient (Wildman–Crippen LogP) is 0.339. The molecule has 5 heteroatoms. The van der Waals surface area contributed by atoms with Crippen LogP contribution in [0.25, 0.3) is 0 Å². The second-order valence-corrected chi connectivity index (χ2v) is 2.80. The van der Waals surface area contributed by atoms with Gasteiger partial charge >= 0.3 is 0 Å². The molecule has 1 aliphatic rings. The number of rotatable bonds is 2. The van der Waals surface area contributed by atoms with E-state index in [9.17, 15) is 4.79 Å². The number of carbonyl (C=O) groups excluding carboxylic acids is 1. The molecule has 1 heterocycles. The Morgan fingerprint density at radius 3 is 2.77 bits per heavy atom. The number of Topliss-reactive ketones (excluding diaryl/α,β-unsaturated/α-hetero) is 1. The van der Waals surface area contributed by atoms with Gasteiger partial charge in [0.2, 0.25) is 12.1 Å². The zero-order valence-electron chi connectivity index (χ0n) is 7.94. The SMILES string of the molecule is CO/N=C1\C[C@@H](C)OC(OC)C1=O. The van der Waals surface area contributed by atoms with Crippen molar-refractivity contribution in [3.63, 3.8) is 0 Å². The first-order valence-corrected chi connectivity index (χ1v) is 4.01. The zero-order chi connectivity index (χ0) is 9.84. The highest BCUT2D eigenvalue weighted by molar-refractivity contribution is 6.41. The standard InChI is InChI=1S/C8H13NO4/c1-5-4-6(9-12-3)7(10)8(11-2)13-5/h5,8H,4H2,1-3H3/b9-6+/t5-,8?/m1/s1. The Hall–Kier alpha value is -0.940. The first-order valence-electron chi connectivity index (χ1n) is 4.01. The molecule has 1 saturated heterocycles. The molecule has 1 rings (SSSR count). The summed E-state index contributed by atoms with van der Waals surface area (Å²) >= 11 is 0. The molecule has 0 aromatic heterocycles. The summed E-state index contributed by atoms with van der Waals surface area (Å²) < 4.78 is 10.1. The van der Waals surface area contributed by atoms with Crippen LogP contribution in [0.3, 0.4) is 0 Å². The maximum Gasteiger partial charge on any atom is 0.236 e. The number of hydrogen-bond acceptors (Lipinski definition) is 5. The lowest BCUT2D eigenvalue weighted by Gasteiger charge is -2.25. The monoisotopic (exact) mass is 187 g/mol. The molecule has 0 amide bonds. The Bertz CT molecular complexity index is 226. The van der Waals surface area contributed by atoms with Gasteiger partial charge < -0.3 is 14.3 Å². The number of nitrogens with zero attached hydrogens (tertiary/aromatic N) is 1. The van der Waals surface area contributed by atoms with E-state index < -0.39 is 6.29 Å². The molecule has 1 unspecified atom stereocenters. The molecule has 5 nitrogen and oxygen atoms in total. The minimum Gasteiger partial charge on any atom is -0.399 e. The van der Waals surface area contributed by atoms with Crippen molar-refractivity contribution in [1.82, 2.24) is 0 Å². The van der Waals surface area contributed by atoms with Gasteiger partial charge in [0, 0.05) is 13.5 Å². The van der Waals surface area contributed by atoms with Crippen LogP contribution < -0.4 is 0 Å². The van der Waals surface area contributed by atoms with Gasteiger partial charge in [0.25, 0.3) is 0 Å². The average molecular weight is 187 g/mol. The summed E-state index contributed by atoms with van der Waals surface area (Å²) in [4.78, 5) is 16.0. The van der Waals surface area contributed by atoms with Crippen LogP contribution in [0.15, 0.2) is 5.16 Å². The molecule has 0 spiro atoms. The smallest absolute Gasteiger partial charge is 0.236 e. The van der Waals surface area contributed by atoms with Gasteiger partial charge in [-0.3, -0.25) is 4.79 Å². The van der Waals surface area contributed by atoms with E-state index in [1.807, 2.05) is 6.92 Å². The summed E-state index contributed by atoms with van der Waals surface area (Å²) in [7, 11) is 2.83. The van der Waals surface area contributed by atoms with E-state index in [1.165, 1.54) is 14.2 Å². The fourth-order valence-electron chi connectivity index (χ4n) is 1.18. The van der Waals surface area contributed by atoms with Gasteiger partial charge in [-0.25, -0.2) is 0 Å². The molecule has 1 fully saturated rings. The second kappa shape index (κ2) is 4.34. The van der Waals surface area contributed by atoms with E-state index >= 15 is 0 Å². The van der Waals surface area contributed by atoms with Gasteiger partial charge in [0.1, 0.15) is 12.8 Å². The van der Waals surface area contributed by atoms with Crippen LogP contribution in [0, 0.1) is 0 Å². The number of oxime groups is 1. The minimum absolute atomic E-state index is 0.0726. The van der Waals surface area contributed by atoms with Crippen LogP contribution in [-0.4, -0.2) is 38.1 Å². The second-order valence-electron chi connectivity index (χ2n) is 2.80. The molecule has 0 aromatic carbocycles. The van der Waals surface area contributed by atoms with Crippen LogP contribution in [0.5, 0.6) is 0 Å². The van der Waals surface area contributed by atoms with Crippen molar-refractivity contribution in [1.29, 1.82) is 0 Å². The number of hydrogen-bond donors (Lipinski definition) is 0. The summed E-state index contributed by atoms with van der Waals surface area (Å²) in [6.45, 7) is 1.85. The lowest BCUT2D eigenvalue weighted by molar-refractivity contribution is -0.172. The van der Waals surface area contributed by atoms with Gasteiger partial charge in [0.05, 0.1) is 6.10 Å². The Kier molecular flexibility index (Phi) is 3.39. The van der Waals surface area contributed by atoms with E-state index in [2.05, 4.69) is 9.99 Å². The lowest BCUT2D eigenvalue weighted by Crippen LogP contribution is -2.42. The van der Waals surface area contributed by atoms with Crippen LogP contribution >= 0.6 is 0 Å². The highest BCUT2D eigenvalue weighted by atomic mass is 16.7. The molecule has 0 saturated carbocycles. The van der Waals surface area contributed by atoms with Crippen molar-refractivity contribution in [2.75, 3.05) is 14.2 Å². The van der Waals surface area contributed by atoms with Crippen LogP contribution in [0.1, 0.15) is 13.3 Å². The van der Waals surface area contributed by atoms with Gasteiger partial charge in [-0.05, 0) is 6.92 Å². The Balaban J connectivity index is 2.75. The van der Waals surface area contributed by atoms with Crippen molar-refractivity contribution < 1.29 is 19.1 Å². The number of methoxy groups -OCH3 is 1. The van der Waals surface area contributed by atoms with Gasteiger partial charge in [0.15, 0.2) is 0 Å². The third-order valence-electron chi connectivity index (χ3n) is 1.75. The van der Waals surface area contributed by atoms with Crippen LogP contribution in [0.4, 0.5) is 0 Å². The Morgan fingerprint density at radius 1 is 1.54 bits per heavy atom. The topological polar surface area (TPSA) is 57.1 Å². The third-order valence-corrected chi connectivity index (χ3v) is 1.75. The van der Waals surface area contributed by atoms with Crippen LogP contribution in [0.2, 0.25) is 0 Å². The molecule has 0 aromatic rings. The number of ketones is 1. The highest BCUT2D eigenvalue weighted by Gasteiger charge is 2.33. The average Bonchev–Trinajstić information content (AvgIpc) is 2.11. The molecule has 1 aliphatic heterocycles. The summed E-state index contributed by atoms with van der Waals surface area (Å²) in [6, 6.07) is 0. The Labute approximate surface area is 76.6 Å². The van der Waals surface area contributed by atoms with E-state index in [0.29, 0.717) is 12.1 Å². The van der Waals surface area contributed by atoms with Gasteiger partial charge in [-0.15, -0.1) is 0 Å². The fraction of sp³-hybridized carbons (Fsp3) is 0.750. The number of carbonyl (C=O) groups is 1. The lowest BCUT2D eigenvalue weighted by atomic mass is 10.1. The molecule has 0 aliphatic carbocycles. The van der Waals surface area contributed by atoms with Crippen molar-refractivity contribution in [3.05, 3.63) is 0 Å². The van der Waals surface area contributed by atoms with E-state index in [1.54, 1.807) is 0 Å². The normalized spacial score (nSPS) is 32.2. The fourth-order valence-corrected chi connectivity index (χ4v) is 1.18. The molecule has 0 radical (unpaired) electrons. The quantitative estimate of drug-likeness (QED) is 0.585. The van der Waals surface area contributed by atoms with Crippen molar-refractivity contribution in [3.8, 4) is 0 Å². The van der Waals surface area contributed by atoms with Crippen molar-refractivity contribution in [2.24, 2.45) is 5.16 Å². The highest BCUT2D eigenvalue weighted by Crippen LogP contribution is 2.14. The molecule has 2 atom stereocenters. The molecule has 74 valence electrons.